The lowest BCUT2D eigenvalue weighted by molar-refractivity contribution is 0.416. The largest absolute Gasteiger partial charge is 0.397 e. The molecule has 114 valence electrons. The molecule has 20 heavy (non-hydrogen) atoms. The molecule has 0 radical (unpaired) electrons. The predicted molar refractivity (Wildman–Crippen MR) is 83.5 cm³/mol. The van der Waals surface area contributed by atoms with Gasteiger partial charge in [-0.1, -0.05) is 6.92 Å². The number of anilines is 2. The summed E-state index contributed by atoms with van der Waals surface area (Å²) in [4.78, 5) is 4.26. The van der Waals surface area contributed by atoms with Gasteiger partial charge in [0.25, 0.3) is 0 Å². The zero-order valence-electron chi connectivity index (χ0n) is 12.5. The van der Waals surface area contributed by atoms with E-state index >= 15 is 0 Å². The first-order valence-corrected chi connectivity index (χ1v) is 8.01. The Hall–Kier alpha value is -1.31. The van der Waals surface area contributed by atoms with Gasteiger partial charge in [0, 0.05) is 26.7 Å². The lowest BCUT2D eigenvalue weighted by atomic mass is 10.2. The summed E-state index contributed by atoms with van der Waals surface area (Å²) in [5, 5.41) is 0. The first-order valence-electron chi connectivity index (χ1n) is 6.53. The van der Waals surface area contributed by atoms with E-state index in [9.17, 15) is 8.42 Å². The van der Waals surface area contributed by atoms with Gasteiger partial charge in [-0.05, 0) is 32.3 Å². The SMILES string of the molecule is CCNS(=O)(=O)c1ccc(N)c(N(C)CCN(C)C)c1. The smallest absolute Gasteiger partial charge is 0.240 e. The maximum absolute atomic E-state index is 12.0. The Morgan fingerprint density at radius 3 is 2.40 bits per heavy atom. The van der Waals surface area contributed by atoms with Crippen molar-refractivity contribution < 1.29 is 8.42 Å². The van der Waals surface area contributed by atoms with E-state index in [0.29, 0.717) is 12.2 Å². The normalized spacial score (nSPS) is 11.8. The molecule has 0 fully saturated rings. The molecule has 0 aliphatic rings. The van der Waals surface area contributed by atoms with Crippen molar-refractivity contribution in [3.63, 3.8) is 0 Å². The van der Waals surface area contributed by atoms with Gasteiger partial charge in [-0.25, -0.2) is 13.1 Å². The zero-order valence-corrected chi connectivity index (χ0v) is 13.4. The summed E-state index contributed by atoms with van der Waals surface area (Å²) in [6.07, 6.45) is 0. The average Bonchev–Trinajstić information content (AvgIpc) is 2.36. The van der Waals surface area contributed by atoms with Crippen LogP contribution in [-0.4, -0.2) is 54.1 Å². The molecular formula is C13H24N4O2S. The molecule has 1 rings (SSSR count). The highest BCUT2D eigenvalue weighted by Crippen LogP contribution is 2.25. The van der Waals surface area contributed by atoms with E-state index in [0.717, 1.165) is 18.8 Å². The summed E-state index contributed by atoms with van der Waals surface area (Å²) in [6, 6.07) is 4.77. The molecule has 0 bridgehead atoms. The molecule has 0 amide bonds. The van der Waals surface area contributed by atoms with Crippen LogP contribution in [0.3, 0.4) is 0 Å². The molecule has 0 aromatic heterocycles. The second-order valence-electron chi connectivity index (χ2n) is 4.95. The third-order valence-corrected chi connectivity index (χ3v) is 4.48. The van der Waals surface area contributed by atoms with Crippen molar-refractivity contribution >= 4 is 21.4 Å². The Kier molecular flexibility index (Phi) is 5.79. The molecule has 0 aliphatic heterocycles. The Bertz CT molecular complexity index is 543. The first kappa shape index (κ1) is 16.7. The van der Waals surface area contributed by atoms with E-state index in [1.807, 2.05) is 26.0 Å². The van der Waals surface area contributed by atoms with E-state index in [1.54, 1.807) is 19.1 Å². The molecule has 0 saturated carbocycles. The third kappa shape index (κ3) is 4.36. The van der Waals surface area contributed by atoms with Crippen LogP contribution in [-0.2, 0) is 10.0 Å². The summed E-state index contributed by atoms with van der Waals surface area (Å²) in [7, 11) is 2.42. The molecule has 3 N–H and O–H groups in total. The minimum atomic E-state index is -3.46. The highest BCUT2D eigenvalue weighted by molar-refractivity contribution is 7.89. The van der Waals surface area contributed by atoms with Crippen LogP contribution in [0.4, 0.5) is 11.4 Å². The number of hydrogen-bond acceptors (Lipinski definition) is 5. The minimum absolute atomic E-state index is 0.236. The molecular weight excluding hydrogens is 276 g/mol. The van der Waals surface area contributed by atoms with E-state index < -0.39 is 10.0 Å². The second-order valence-corrected chi connectivity index (χ2v) is 6.71. The van der Waals surface area contributed by atoms with Crippen molar-refractivity contribution in [2.75, 3.05) is 51.4 Å². The van der Waals surface area contributed by atoms with Crippen molar-refractivity contribution in [1.29, 1.82) is 0 Å². The van der Waals surface area contributed by atoms with Gasteiger partial charge in [-0.3, -0.25) is 0 Å². The van der Waals surface area contributed by atoms with Crippen LogP contribution in [0.15, 0.2) is 23.1 Å². The summed E-state index contributed by atoms with van der Waals surface area (Å²) in [5.41, 5.74) is 7.24. The number of hydrogen-bond donors (Lipinski definition) is 2. The molecule has 1 aromatic carbocycles. The Morgan fingerprint density at radius 1 is 1.20 bits per heavy atom. The number of nitrogen functional groups attached to an aromatic ring is 1. The standard InChI is InChI=1S/C13H24N4O2S/c1-5-15-20(18,19)11-6-7-12(14)13(10-11)17(4)9-8-16(2)3/h6-7,10,15H,5,8-9,14H2,1-4H3. The van der Waals surface area contributed by atoms with Crippen LogP contribution in [0, 0.1) is 0 Å². The third-order valence-electron chi connectivity index (χ3n) is 2.94. The molecule has 0 unspecified atom stereocenters. The number of likely N-dealkylation sites (N-methyl/N-ethyl adjacent to an activating group) is 2. The number of rotatable bonds is 7. The van der Waals surface area contributed by atoms with Gasteiger partial charge < -0.3 is 15.5 Å². The lowest BCUT2D eigenvalue weighted by Gasteiger charge is -2.23. The number of benzene rings is 1. The maximum Gasteiger partial charge on any atom is 0.240 e. The van der Waals surface area contributed by atoms with Gasteiger partial charge in [0.1, 0.15) is 0 Å². The summed E-state index contributed by atoms with van der Waals surface area (Å²) >= 11 is 0. The number of nitrogens with two attached hydrogens (primary N) is 1. The molecule has 0 atom stereocenters. The first-order chi connectivity index (χ1) is 9.27. The van der Waals surface area contributed by atoms with Crippen LogP contribution < -0.4 is 15.4 Å². The van der Waals surface area contributed by atoms with Crippen LogP contribution >= 0.6 is 0 Å². The van der Waals surface area contributed by atoms with Crippen LogP contribution in [0.1, 0.15) is 6.92 Å². The number of nitrogens with zero attached hydrogens (tertiary/aromatic N) is 2. The quantitative estimate of drug-likeness (QED) is 0.720. The molecule has 6 nitrogen and oxygen atoms in total. The van der Waals surface area contributed by atoms with Crippen LogP contribution in [0.5, 0.6) is 0 Å². The molecule has 0 spiro atoms. The van der Waals surface area contributed by atoms with E-state index in [-0.39, 0.29) is 4.90 Å². The van der Waals surface area contributed by atoms with Crippen molar-refractivity contribution in [1.82, 2.24) is 9.62 Å². The van der Waals surface area contributed by atoms with Gasteiger partial charge in [-0.2, -0.15) is 0 Å². The van der Waals surface area contributed by atoms with Gasteiger partial charge in [-0.15, -0.1) is 0 Å². The Morgan fingerprint density at radius 2 is 1.85 bits per heavy atom. The van der Waals surface area contributed by atoms with Crippen LogP contribution in [0.2, 0.25) is 0 Å². The van der Waals surface area contributed by atoms with Gasteiger partial charge in [0.15, 0.2) is 0 Å². The Labute approximate surface area is 121 Å². The number of nitrogens with one attached hydrogen (secondary N) is 1. The van der Waals surface area contributed by atoms with Crippen molar-refractivity contribution in [3.05, 3.63) is 18.2 Å². The van der Waals surface area contributed by atoms with Gasteiger partial charge in [0.2, 0.25) is 10.0 Å². The van der Waals surface area contributed by atoms with E-state index in [2.05, 4.69) is 9.62 Å². The molecule has 7 heteroatoms. The van der Waals surface area contributed by atoms with E-state index in [4.69, 9.17) is 5.73 Å². The zero-order chi connectivity index (χ0) is 15.3. The second kappa shape index (κ2) is 6.92. The van der Waals surface area contributed by atoms with Gasteiger partial charge in [0.05, 0.1) is 16.3 Å². The minimum Gasteiger partial charge on any atom is -0.397 e. The highest BCUT2D eigenvalue weighted by atomic mass is 32.2. The van der Waals surface area contributed by atoms with Crippen molar-refractivity contribution in [3.8, 4) is 0 Å². The molecule has 0 aliphatic carbocycles. The molecule has 0 saturated heterocycles. The monoisotopic (exact) mass is 300 g/mol. The average molecular weight is 300 g/mol. The van der Waals surface area contributed by atoms with Crippen molar-refractivity contribution in [2.45, 2.75) is 11.8 Å². The summed E-state index contributed by atoms with van der Waals surface area (Å²) in [5.74, 6) is 0. The molecule has 0 heterocycles. The summed E-state index contributed by atoms with van der Waals surface area (Å²) in [6.45, 7) is 3.74. The predicted octanol–water partition coefficient (Wildman–Crippen LogP) is 0.565. The fraction of sp³-hybridized carbons (Fsp3) is 0.538. The fourth-order valence-electron chi connectivity index (χ4n) is 1.77. The van der Waals surface area contributed by atoms with Crippen LogP contribution in [0.25, 0.3) is 0 Å². The molecule has 1 aromatic rings. The topological polar surface area (TPSA) is 78.7 Å². The van der Waals surface area contributed by atoms with E-state index in [1.165, 1.54) is 6.07 Å². The summed E-state index contributed by atoms with van der Waals surface area (Å²) < 4.78 is 26.5. The lowest BCUT2D eigenvalue weighted by Crippen LogP contribution is -2.29. The van der Waals surface area contributed by atoms with Gasteiger partial charge >= 0.3 is 0 Å². The van der Waals surface area contributed by atoms with Crippen molar-refractivity contribution in [2.24, 2.45) is 0 Å². The Balaban J connectivity index is 3.03. The maximum atomic E-state index is 12.0. The highest BCUT2D eigenvalue weighted by Gasteiger charge is 2.15. The fourth-order valence-corrected chi connectivity index (χ4v) is 2.83. The number of sulfonamides is 1.